The Bertz CT molecular complexity index is 1720. The molecule has 2 saturated heterocycles. The highest BCUT2D eigenvalue weighted by Crippen LogP contribution is 2.52. The molecule has 2 aliphatic heterocycles. The fraction of sp³-hybridized carbons (Fsp3) is 0.462. The summed E-state index contributed by atoms with van der Waals surface area (Å²) in [5.74, 6) is 0.524. The molecular weight excluding hydrogens is 626 g/mol. The summed E-state index contributed by atoms with van der Waals surface area (Å²) in [4.78, 5) is 11.7. The second-order valence-corrected chi connectivity index (χ2v) is 16.0. The topological polar surface area (TPSA) is 102 Å². The number of aliphatic carboxylic acids is 1. The van der Waals surface area contributed by atoms with Crippen LogP contribution < -0.4 is 9.47 Å². The van der Waals surface area contributed by atoms with Crippen molar-refractivity contribution in [3.8, 4) is 22.6 Å². The minimum atomic E-state index is -3.67. The van der Waals surface area contributed by atoms with Gasteiger partial charge >= 0.3 is 5.97 Å². The molecule has 48 heavy (non-hydrogen) atoms. The van der Waals surface area contributed by atoms with Gasteiger partial charge in [0.25, 0.3) is 0 Å². The van der Waals surface area contributed by atoms with Gasteiger partial charge in [0.15, 0.2) is 6.61 Å². The molecule has 8 nitrogen and oxygen atoms in total. The Hall–Kier alpha value is -3.66. The van der Waals surface area contributed by atoms with Crippen LogP contribution in [0.5, 0.6) is 11.5 Å². The fourth-order valence-electron chi connectivity index (χ4n) is 7.00. The lowest BCUT2D eigenvalue weighted by Crippen LogP contribution is -2.48. The fourth-order valence-corrected chi connectivity index (χ4v) is 8.44. The standard InChI is InChI=1S/C39H49NO7S/c1-25(2)31-20-28(7)37(35(21-31)45-23-36(41)42)38-34(26(3)4)22-39(24-46-38)16-18-40(19-17-39)48(43,44)33-14-10-30(11-15-33)29-8-12-32(13-9-29)47-27(5)6/h8-15,20-21,25,27,34,38H,3,16-19,22-24H2,1-2,4-7H3,(H,41,42)/t34-,38+/m1/s1. The highest BCUT2D eigenvalue weighted by molar-refractivity contribution is 7.89. The maximum absolute atomic E-state index is 13.7. The van der Waals surface area contributed by atoms with Crippen molar-refractivity contribution in [3.05, 3.63) is 89.5 Å². The summed E-state index contributed by atoms with van der Waals surface area (Å²) in [6, 6.07) is 19.0. The zero-order valence-corrected chi connectivity index (χ0v) is 29.8. The summed E-state index contributed by atoms with van der Waals surface area (Å²) < 4.78 is 47.3. The Kier molecular flexibility index (Phi) is 10.7. The number of carbonyl (C=O) groups is 1. The molecule has 0 aromatic heterocycles. The minimum absolute atomic E-state index is 0.0313. The number of nitrogens with zero attached hydrogens (tertiary/aromatic N) is 1. The second-order valence-electron chi connectivity index (χ2n) is 14.1. The van der Waals surface area contributed by atoms with Gasteiger partial charge in [-0.15, -0.1) is 0 Å². The lowest BCUT2D eigenvalue weighted by Gasteiger charge is -2.49. The Balaban J connectivity index is 1.29. The summed E-state index contributed by atoms with van der Waals surface area (Å²) in [5.41, 5.74) is 5.66. The molecule has 0 aliphatic carbocycles. The third kappa shape index (κ3) is 7.80. The number of benzene rings is 3. The first-order chi connectivity index (χ1) is 22.7. The van der Waals surface area contributed by atoms with E-state index in [1.807, 2.05) is 70.2 Å². The zero-order chi connectivity index (χ0) is 34.8. The Morgan fingerprint density at radius 3 is 2.17 bits per heavy atom. The summed E-state index contributed by atoms with van der Waals surface area (Å²) in [6.45, 7) is 17.4. The third-order valence-electron chi connectivity index (χ3n) is 9.73. The van der Waals surface area contributed by atoms with Gasteiger partial charge in [0.1, 0.15) is 11.5 Å². The van der Waals surface area contributed by atoms with E-state index in [0.29, 0.717) is 38.3 Å². The average molecular weight is 676 g/mol. The van der Waals surface area contributed by atoms with Gasteiger partial charge in [0, 0.05) is 24.6 Å². The molecule has 9 heteroatoms. The van der Waals surface area contributed by atoms with E-state index < -0.39 is 22.6 Å². The van der Waals surface area contributed by atoms with Gasteiger partial charge in [0.05, 0.1) is 23.7 Å². The van der Waals surface area contributed by atoms with E-state index in [1.54, 1.807) is 16.4 Å². The van der Waals surface area contributed by atoms with Crippen molar-refractivity contribution in [2.24, 2.45) is 11.3 Å². The Morgan fingerprint density at radius 2 is 1.62 bits per heavy atom. The van der Waals surface area contributed by atoms with Crippen LogP contribution in [-0.2, 0) is 19.6 Å². The summed E-state index contributed by atoms with van der Waals surface area (Å²) in [7, 11) is -3.67. The maximum Gasteiger partial charge on any atom is 0.341 e. The molecule has 5 rings (SSSR count). The van der Waals surface area contributed by atoms with Crippen LogP contribution in [0.4, 0.5) is 0 Å². The Labute approximate surface area is 285 Å². The average Bonchev–Trinajstić information content (AvgIpc) is 3.04. The van der Waals surface area contributed by atoms with Crippen molar-refractivity contribution in [3.63, 3.8) is 0 Å². The highest BCUT2D eigenvalue weighted by Gasteiger charge is 2.46. The number of sulfonamides is 1. The van der Waals surface area contributed by atoms with Crippen molar-refractivity contribution >= 4 is 16.0 Å². The number of carboxylic acids is 1. The number of hydrogen-bond acceptors (Lipinski definition) is 6. The Morgan fingerprint density at radius 1 is 1.02 bits per heavy atom. The monoisotopic (exact) mass is 675 g/mol. The molecular formula is C39H49NO7S. The van der Waals surface area contributed by atoms with Crippen LogP contribution in [0.2, 0.25) is 0 Å². The summed E-state index contributed by atoms with van der Waals surface area (Å²) in [5, 5.41) is 9.35. The van der Waals surface area contributed by atoms with Gasteiger partial charge in [-0.25, -0.2) is 13.2 Å². The summed E-state index contributed by atoms with van der Waals surface area (Å²) >= 11 is 0. The molecule has 3 aromatic carbocycles. The van der Waals surface area contributed by atoms with Crippen molar-refractivity contribution in [1.29, 1.82) is 0 Å². The lowest BCUT2D eigenvalue weighted by molar-refractivity contribution is -0.139. The molecule has 1 spiro atoms. The largest absolute Gasteiger partial charge is 0.491 e. The predicted octanol–water partition coefficient (Wildman–Crippen LogP) is 8.16. The van der Waals surface area contributed by atoms with Crippen LogP contribution in [0, 0.1) is 18.3 Å². The quantitative estimate of drug-likeness (QED) is 0.205. The van der Waals surface area contributed by atoms with Crippen LogP contribution >= 0.6 is 0 Å². The van der Waals surface area contributed by atoms with Gasteiger partial charge in [0.2, 0.25) is 10.0 Å². The highest BCUT2D eigenvalue weighted by atomic mass is 32.2. The first kappa shape index (κ1) is 35.6. The van der Waals surface area contributed by atoms with Crippen molar-refractivity contribution in [2.45, 2.75) is 83.8 Å². The van der Waals surface area contributed by atoms with Crippen LogP contribution in [0.3, 0.4) is 0 Å². The first-order valence-corrected chi connectivity index (χ1v) is 18.3. The maximum atomic E-state index is 13.7. The van der Waals surface area contributed by atoms with E-state index in [4.69, 9.17) is 14.2 Å². The van der Waals surface area contributed by atoms with Crippen LogP contribution in [0.1, 0.15) is 82.6 Å². The van der Waals surface area contributed by atoms with Gasteiger partial charge in [-0.05, 0) is 111 Å². The zero-order valence-electron chi connectivity index (χ0n) is 29.0. The van der Waals surface area contributed by atoms with Gasteiger partial charge in [-0.2, -0.15) is 4.31 Å². The number of piperidine rings is 1. The number of carboxylic acid groups (broad SMARTS) is 1. The van der Waals surface area contributed by atoms with Crippen molar-refractivity contribution < 1.29 is 32.5 Å². The van der Waals surface area contributed by atoms with Crippen molar-refractivity contribution in [1.82, 2.24) is 4.31 Å². The van der Waals surface area contributed by atoms with E-state index in [0.717, 1.165) is 45.6 Å². The number of rotatable bonds is 11. The molecule has 0 bridgehead atoms. The third-order valence-corrected chi connectivity index (χ3v) is 11.6. The van der Waals surface area contributed by atoms with Crippen molar-refractivity contribution in [2.75, 3.05) is 26.3 Å². The smallest absolute Gasteiger partial charge is 0.341 e. The van der Waals surface area contributed by atoms with Gasteiger partial charge in [-0.3, -0.25) is 0 Å². The predicted molar refractivity (Wildman–Crippen MR) is 188 cm³/mol. The molecule has 0 amide bonds. The molecule has 2 heterocycles. The normalized spacial score (nSPS) is 19.8. The van der Waals surface area contributed by atoms with E-state index in [-0.39, 0.29) is 34.4 Å². The van der Waals surface area contributed by atoms with Crippen LogP contribution in [0.15, 0.2) is 77.7 Å². The number of ether oxygens (including phenoxy) is 3. The number of hydrogen-bond donors (Lipinski definition) is 1. The molecule has 0 unspecified atom stereocenters. The van der Waals surface area contributed by atoms with E-state index in [9.17, 15) is 18.3 Å². The minimum Gasteiger partial charge on any atom is -0.491 e. The molecule has 0 saturated carbocycles. The van der Waals surface area contributed by atoms with Gasteiger partial charge < -0.3 is 19.3 Å². The van der Waals surface area contributed by atoms with E-state index in [1.165, 1.54) is 0 Å². The summed E-state index contributed by atoms with van der Waals surface area (Å²) in [6.07, 6.45) is 1.92. The number of aryl methyl sites for hydroxylation is 1. The molecule has 2 fully saturated rings. The molecule has 3 aromatic rings. The molecule has 2 atom stereocenters. The molecule has 258 valence electrons. The SMILES string of the molecule is C=C(C)[C@H]1CC2(CCN(S(=O)(=O)c3ccc(-c4ccc(OC(C)C)cc4)cc3)CC2)CO[C@@H]1c1c(C)cc(C(C)C)cc1OCC(=O)O. The van der Waals surface area contributed by atoms with E-state index in [2.05, 4.69) is 26.5 Å². The molecule has 0 radical (unpaired) electrons. The van der Waals surface area contributed by atoms with E-state index >= 15 is 0 Å². The molecule has 1 N–H and O–H groups in total. The second kappa shape index (κ2) is 14.4. The van der Waals surface area contributed by atoms with Crippen LogP contribution in [-0.4, -0.2) is 56.2 Å². The molecule has 2 aliphatic rings. The lowest BCUT2D eigenvalue weighted by atomic mass is 9.67. The first-order valence-electron chi connectivity index (χ1n) is 16.8. The van der Waals surface area contributed by atoms with Crippen LogP contribution in [0.25, 0.3) is 11.1 Å². The van der Waals surface area contributed by atoms with Gasteiger partial charge in [-0.1, -0.05) is 56.3 Å².